The molecule has 2 aromatic rings. The number of nitrogens with zero attached hydrogens (tertiary/aromatic N) is 2. The molecule has 0 aliphatic rings. The van der Waals surface area contributed by atoms with Crippen LogP contribution in [-0.4, -0.2) is 16.1 Å². The molecule has 5 nitrogen and oxygen atoms in total. The van der Waals surface area contributed by atoms with E-state index in [4.69, 9.17) is 5.26 Å². The fourth-order valence-electron chi connectivity index (χ4n) is 1.46. The van der Waals surface area contributed by atoms with Gasteiger partial charge in [0.05, 0.1) is 18.0 Å². The van der Waals surface area contributed by atoms with Gasteiger partial charge in [-0.15, -0.1) is 0 Å². The lowest BCUT2D eigenvalue weighted by molar-refractivity contribution is -0.116. The minimum atomic E-state index is -0.814. The molecule has 84 valence electrons. The van der Waals surface area contributed by atoms with Gasteiger partial charge < -0.3 is 5.32 Å². The summed E-state index contributed by atoms with van der Waals surface area (Å²) in [5.74, 6) is -1.17. The lowest BCUT2D eigenvalue weighted by Crippen LogP contribution is -2.19. The Morgan fingerprint density at radius 3 is 2.76 bits per heavy atom. The minimum Gasteiger partial charge on any atom is -0.322 e. The second kappa shape index (κ2) is 4.94. The van der Waals surface area contributed by atoms with Crippen LogP contribution in [0.2, 0.25) is 0 Å². The van der Waals surface area contributed by atoms with Crippen molar-refractivity contribution in [3.63, 3.8) is 0 Å². The molecule has 0 saturated carbocycles. The van der Waals surface area contributed by atoms with Crippen LogP contribution in [0.3, 0.4) is 0 Å². The van der Waals surface area contributed by atoms with Gasteiger partial charge >= 0.3 is 0 Å². The van der Waals surface area contributed by atoms with Crippen molar-refractivity contribution in [2.75, 3.05) is 5.32 Å². The van der Waals surface area contributed by atoms with Gasteiger partial charge in [0.2, 0.25) is 5.91 Å². The molecule has 1 unspecified atom stereocenters. The van der Waals surface area contributed by atoms with Crippen molar-refractivity contribution >= 4 is 11.6 Å². The number of aromatic amines is 1. The van der Waals surface area contributed by atoms with Gasteiger partial charge in [-0.25, -0.2) is 0 Å². The second-order valence-corrected chi connectivity index (χ2v) is 3.45. The van der Waals surface area contributed by atoms with Crippen molar-refractivity contribution < 1.29 is 4.79 Å². The zero-order chi connectivity index (χ0) is 12.1. The summed E-state index contributed by atoms with van der Waals surface area (Å²) in [4.78, 5) is 11.9. The molecule has 0 bridgehead atoms. The van der Waals surface area contributed by atoms with Gasteiger partial charge in [-0.2, -0.15) is 10.4 Å². The van der Waals surface area contributed by atoms with E-state index in [0.29, 0.717) is 11.3 Å². The molecule has 2 rings (SSSR count). The number of aromatic nitrogens is 2. The molecule has 1 aromatic heterocycles. The van der Waals surface area contributed by atoms with Gasteiger partial charge in [0.1, 0.15) is 0 Å². The largest absolute Gasteiger partial charge is 0.322 e. The summed E-state index contributed by atoms with van der Waals surface area (Å²) in [5.41, 5.74) is 1.22. The Bertz CT molecular complexity index is 527. The maximum absolute atomic E-state index is 11.9. The Hall–Kier alpha value is -2.61. The number of H-pyrrole nitrogens is 1. The first-order chi connectivity index (χ1) is 8.31. The van der Waals surface area contributed by atoms with Crippen molar-refractivity contribution in [1.82, 2.24) is 10.2 Å². The maximum Gasteiger partial charge on any atom is 0.246 e. The fourth-order valence-corrected chi connectivity index (χ4v) is 1.46. The Kier molecular flexibility index (Phi) is 3.17. The van der Waals surface area contributed by atoms with Crippen LogP contribution >= 0.6 is 0 Å². The van der Waals surface area contributed by atoms with Crippen LogP contribution in [0.25, 0.3) is 0 Å². The molecule has 1 amide bonds. The molecule has 0 saturated heterocycles. The molecule has 1 atom stereocenters. The summed E-state index contributed by atoms with van der Waals surface area (Å²) >= 11 is 0. The molecule has 0 aliphatic heterocycles. The van der Waals surface area contributed by atoms with E-state index < -0.39 is 5.92 Å². The number of nitriles is 1. The number of anilines is 1. The highest BCUT2D eigenvalue weighted by atomic mass is 16.1. The van der Waals surface area contributed by atoms with E-state index in [-0.39, 0.29) is 5.91 Å². The summed E-state index contributed by atoms with van der Waals surface area (Å²) in [5, 5.41) is 18.0. The molecule has 2 N–H and O–H groups in total. The highest BCUT2D eigenvalue weighted by molar-refractivity contribution is 5.97. The van der Waals surface area contributed by atoms with Crippen LogP contribution in [0.15, 0.2) is 42.7 Å². The molecule has 0 radical (unpaired) electrons. The Labute approximate surface area is 98.1 Å². The summed E-state index contributed by atoms with van der Waals surface area (Å²) < 4.78 is 0. The lowest BCUT2D eigenvalue weighted by Gasteiger charge is -2.08. The molecule has 1 aromatic carbocycles. The molecule has 1 heterocycles. The van der Waals surface area contributed by atoms with Crippen LogP contribution in [-0.2, 0) is 4.79 Å². The van der Waals surface area contributed by atoms with Crippen molar-refractivity contribution in [1.29, 1.82) is 5.26 Å². The van der Waals surface area contributed by atoms with E-state index in [0.717, 1.165) is 0 Å². The number of rotatable bonds is 3. The molecule has 0 spiro atoms. The number of nitrogens with one attached hydrogen (secondary N) is 2. The number of carbonyl (C=O) groups excluding carboxylic acids is 1. The topological polar surface area (TPSA) is 81.6 Å². The van der Waals surface area contributed by atoms with Crippen molar-refractivity contribution in [2.24, 2.45) is 0 Å². The zero-order valence-corrected chi connectivity index (χ0v) is 8.92. The van der Waals surface area contributed by atoms with E-state index in [2.05, 4.69) is 15.5 Å². The minimum absolute atomic E-state index is 0.361. The van der Waals surface area contributed by atoms with Gasteiger partial charge in [0.25, 0.3) is 0 Å². The van der Waals surface area contributed by atoms with Gasteiger partial charge in [0, 0.05) is 6.20 Å². The summed E-state index contributed by atoms with van der Waals surface area (Å²) in [7, 11) is 0. The van der Waals surface area contributed by atoms with Crippen LogP contribution in [0.5, 0.6) is 0 Å². The molecule has 0 aliphatic carbocycles. The number of hydrogen-bond donors (Lipinski definition) is 2. The van der Waals surface area contributed by atoms with E-state index in [1.54, 1.807) is 30.5 Å². The first-order valence-corrected chi connectivity index (χ1v) is 5.05. The molecule has 5 heteroatoms. The van der Waals surface area contributed by atoms with Crippen molar-refractivity contribution in [3.05, 3.63) is 48.3 Å². The quantitative estimate of drug-likeness (QED) is 0.834. The SMILES string of the molecule is N#CC(C(=O)Nc1cn[nH]c1)c1ccccc1. The average molecular weight is 226 g/mol. The highest BCUT2D eigenvalue weighted by Gasteiger charge is 2.19. The third kappa shape index (κ3) is 2.49. The summed E-state index contributed by atoms with van der Waals surface area (Å²) in [6.07, 6.45) is 3.04. The van der Waals surface area contributed by atoms with Crippen LogP contribution < -0.4 is 5.32 Å². The molecular formula is C12H10N4O. The standard InChI is InChI=1S/C12H10N4O/c13-6-11(9-4-2-1-3-5-9)12(17)16-10-7-14-15-8-10/h1-5,7-8,11H,(H,14,15)(H,16,17). The van der Waals surface area contributed by atoms with Crippen molar-refractivity contribution in [3.8, 4) is 6.07 Å². The highest BCUT2D eigenvalue weighted by Crippen LogP contribution is 2.16. The Morgan fingerprint density at radius 1 is 1.41 bits per heavy atom. The Balaban J connectivity index is 2.15. The van der Waals surface area contributed by atoms with Crippen LogP contribution in [0.1, 0.15) is 11.5 Å². The number of benzene rings is 1. The van der Waals surface area contributed by atoms with Crippen LogP contribution in [0, 0.1) is 11.3 Å². The maximum atomic E-state index is 11.9. The number of hydrogen-bond acceptors (Lipinski definition) is 3. The van der Waals surface area contributed by atoms with Crippen molar-refractivity contribution in [2.45, 2.75) is 5.92 Å². The first-order valence-electron chi connectivity index (χ1n) is 5.05. The second-order valence-electron chi connectivity index (χ2n) is 3.45. The van der Waals surface area contributed by atoms with Crippen LogP contribution in [0.4, 0.5) is 5.69 Å². The smallest absolute Gasteiger partial charge is 0.246 e. The first kappa shape index (κ1) is 10.9. The van der Waals surface area contributed by atoms with E-state index in [9.17, 15) is 4.79 Å². The average Bonchev–Trinajstić information content (AvgIpc) is 2.84. The van der Waals surface area contributed by atoms with Gasteiger partial charge in [0.15, 0.2) is 5.92 Å². The Morgan fingerprint density at radius 2 is 2.18 bits per heavy atom. The molecular weight excluding hydrogens is 216 g/mol. The van der Waals surface area contributed by atoms with E-state index in [1.165, 1.54) is 6.20 Å². The van der Waals surface area contributed by atoms with E-state index >= 15 is 0 Å². The summed E-state index contributed by atoms with van der Waals surface area (Å²) in [6, 6.07) is 10.9. The van der Waals surface area contributed by atoms with Gasteiger partial charge in [-0.05, 0) is 5.56 Å². The predicted octanol–water partition coefficient (Wildman–Crippen LogP) is 1.66. The molecule has 17 heavy (non-hydrogen) atoms. The zero-order valence-electron chi connectivity index (χ0n) is 8.92. The fraction of sp³-hybridized carbons (Fsp3) is 0.0833. The number of amides is 1. The number of carbonyl (C=O) groups is 1. The lowest BCUT2D eigenvalue weighted by atomic mass is 10.00. The third-order valence-corrected chi connectivity index (χ3v) is 2.29. The predicted molar refractivity (Wildman–Crippen MR) is 62.0 cm³/mol. The summed E-state index contributed by atoms with van der Waals surface area (Å²) in [6.45, 7) is 0. The third-order valence-electron chi connectivity index (χ3n) is 2.29. The van der Waals surface area contributed by atoms with E-state index in [1.807, 2.05) is 12.1 Å². The monoisotopic (exact) mass is 226 g/mol. The normalized spacial score (nSPS) is 11.5. The van der Waals surface area contributed by atoms with Gasteiger partial charge in [-0.1, -0.05) is 30.3 Å². The van der Waals surface area contributed by atoms with Gasteiger partial charge in [-0.3, -0.25) is 9.89 Å². The molecule has 0 fully saturated rings.